The Morgan fingerprint density at radius 2 is 2.04 bits per heavy atom. The lowest BCUT2D eigenvalue weighted by atomic mass is 9.91. The fourth-order valence-electron chi connectivity index (χ4n) is 2.86. The summed E-state index contributed by atoms with van der Waals surface area (Å²) in [6.07, 6.45) is 7.00. The van der Waals surface area contributed by atoms with Gasteiger partial charge in [0.05, 0.1) is 11.2 Å². The number of nitrogens with one attached hydrogen (secondary N) is 2. The van der Waals surface area contributed by atoms with Crippen LogP contribution in [0.3, 0.4) is 0 Å². The maximum Gasteiger partial charge on any atom is 0.150 e. The number of benzene rings is 2. The lowest BCUT2D eigenvalue weighted by Gasteiger charge is -2.28. The van der Waals surface area contributed by atoms with Crippen molar-refractivity contribution in [2.24, 2.45) is 0 Å². The monoisotopic (exact) mass is 318 g/mol. The molecule has 2 aromatic carbocycles. The molecule has 4 rings (SSSR count). The van der Waals surface area contributed by atoms with Crippen molar-refractivity contribution in [2.45, 2.75) is 5.92 Å². The van der Waals surface area contributed by atoms with Gasteiger partial charge in [-0.05, 0) is 29.8 Å². The van der Waals surface area contributed by atoms with Crippen molar-refractivity contribution in [3.8, 4) is 12.3 Å². The van der Waals surface area contributed by atoms with Crippen molar-refractivity contribution in [2.75, 3.05) is 18.4 Å². The van der Waals surface area contributed by atoms with E-state index in [9.17, 15) is 4.39 Å². The Hall–Kier alpha value is -2.97. The standard InChI is InChI=1S/C19H15FN4/c1-2-12-7-15(13-9-21-10-13)18(20)17(8-12)24-19-14-5-3-4-6-16(14)22-11-23-19/h1,3-8,11,13,21H,9-10H2,(H,22,23,24). The van der Waals surface area contributed by atoms with Crippen molar-refractivity contribution < 1.29 is 4.39 Å². The van der Waals surface area contributed by atoms with E-state index in [2.05, 4.69) is 26.5 Å². The fourth-order valence-corrected chi connectivity index (χ4v) is 2.86. The first kappa shape index (κ1) is 14.6. The van der Waals surface area contributed by atoms with Gasteiger partial charge in [-0.15, -0.1) is 6.42 Å². The van der Waals surface area contributed by atoms with Crippen LogP contribution in [0.5, 0.6) is 0 Å². The first-order chi connectivity index (χ1) is 11.8. The Morgan fingerprint density at radius 1 is 1.21 bits per heavy atom. The van der Waals surface area contributed by atoms with E-state index in [0.29, 0.717) is 22.6 Å². The second-order valence-corrected chi connectivity index (χ2v) is 5.79. The molecule has 1 saturated heterocycles. The summed E-state index contributed by atoms with van der Waals surface area (Å²) in [5.41, 5.74) is 2.44. The Bertz CT molecular complexity index is 952. The summed E-state index contributed by atoms with van der Waals surface area (Å²) in [7, 11) is 0. The number of hydrogen-bond acceptors (Lipinski definition) is 4. The highest BCUT2D eigenvalue weighted by Gasteiger charge is 2.24. The molecule has 2 heterocycles. The zero-order valence-corrected chi connectivity index (χ0v) is 12.9. The quantitative estimate of drug-likeness (QED) is 0.728. The first-order valence-corrected chi connectivity index (χ1v) is 7.74. The lowest BCUT2D eigenvalue weighted by molar-refractivity contribution is 0.432. The van der Waals surface area contributed by atoms with Gasteiger partial charge in [0, 0.05) is 30.0 Å². The second kappa shape index (κ2) is 5.91. The van der Waals surface area contributed by atoms with Crippen LogP contribution in [0.4, 0.5) is 15.9 Å². The van der Waals surface area contributed by atoms with Gasteiger partial charge in [-0.1, -0.05) is 18.1 Å². The molecule has 2 N–H and O–H groups in total. The van der Waals surface area contributed by atoms with E-state index in [1.54, 1.807) is 12.1 Å². The van der Waals surface area contributed by atoms with Crippen LogP contribution < -0.4 is 10.6 Å². The van der Waals surface area contributed by atoms with Crippen LogP contribution in [-0.2, 0) is 0 Å². The summed E-state index contributed by atoms with van der Waals surface area (Å²) in [4.78, 5) is 8.48. The Morgan fingerprint density at radius 3 is 2.79 bits per heavy atom. The molecule has 1 fully saturated rings. The van der Waals surface area contributed by atoms with Crippen LogP contribution in [-0.4, -0.2) is 23.1 Å². The van der Waals surface area contributed by atoms with Crippen molar-refractivity contribution in [3.05, 3.63) is 59.7 Å². The molecule has 118 valence electrons. The third-order valence-corrected chi connectivity index (χ3v) is 4.28. The Labute approximate surface area is 139 Å². The molecule has 0 spiro atoms. The molecule has 0 aliphatic carbocycles. The van der Waals surface area contributed by atoms with E-state index in [1.165, 1.54) is 6.33 Å². The molecule has 1 aromatic heterocycles. The number of hydrogen-bond donors (Lipinski definition) is 2. The molecule has 0 atom stereocenters. The van der Waals surface area contributed by atoms with Crippen LogP contribution in [0, 0.1) is 18.2 Å². The summed E-state index contributed by atoms with van der Waals surface area (Å²) in [6.45, 7) is 1.53. The highest BCUT2D eigenvalue weighted by Crippen LogP contribution is 2.31. The average Bonchev–Trinajstić information content (AvgIpc) is 2.57. The van der Waals surface area contributed by atoms with Gasteiger partial charge in [0.15, 0.2) is 0 Å². The normalized spacial score (nSPS) is 14.2. The minimum atomic E-state index is -0.275. The van der Waals surface area contributed by atoms with Crippen LogP contribution in [0.2, 0.25) is 0 Å². The number of para-hydroxylation sites is 1. The van der Waals surface area contributed by atoms with Crippen LogP contribution >= 0.6 is 0 Å². The first-order valence-electron chi connectivity index (χ1n) is 7.74. The molecule has 24 heavy (non-hydrogen) atoms. The smallest absolute Gasteiger partial charge is 0.150 e. The fraction of sp³-hybridized carbons (Fsp3) is 0.158. The van der Waals surface area contributed by atoms with E-state index < -0.39 is 0 Å². The second-order valence-electron chi connectivity index (χ2n) is 5.79. The lowest BCUT2D eigenvalue weighted by Crippen LogP contribution is -2.40. The summed E-state index contributed by atoms with van der Waals surface area (Å²) < 4.78 is 14.9. The third kappa shape index (κ3) is 2.47. The van der Waals surface area contributed by atoms with E-state index in [4.69, 9.17) is 6.42 Å². The summed E-state index contributed by atoms with van der Waals surface area (Å²) >= 11 is 0. The third-order valence-electron chi connectivity index (χ3n) is 4.28. The highest BCUT2D eigenvalue weighted by molar-refractivity contribution is 5.90. The SMILES string of the molecule is C#Cc1cc(Nc2ncnc3ccccc23)c(F)c(C2CNC2)c1. The van der Waals surface area contributed by atoms with Gasteiger partial charge in [0.1, 0.15) is 18.0 Å². The largest absolute Gasteiger partial charge is 0.337 e. The maximum absolute atomic E-state index is 14.9. The molecule has 4 nitrogen and oxygen atoms in total. The predicted octanol–water partition coefficient (Wildman–Crippen LogP) is 3.18. The molecule has 5 heteroatoms. The number of halogens is 1. The van der Waals surface area contributed by atoms with Gasteiger partial charge in [-0.3, -0.25) is 0 Å². The van der Waals surface area contributed by atoms with Gasteiger partial charge in [-0.25, -0.2) is 14.4 Å². The van der Waals surface area contributed by atoms with Crippen molar-refractivity contribution >= 4 is 22.4 Å². The molecule has 0 amide bonds. The zero-order valence-electron chi connectivity index (χ0n) is 12.9. The van der Waals surface area contributed by atoms with E-state index in [0.717, 1.165) is 24.0 Å². The highest BCUT2D eigenvalue weighted by atomic mass is 19.1. The summed E-state index contributed by atoms with van der Waals surface area (Å²) in [6, 6.07) is 11.0. The van der Waals surface area contributed by atoms with E-state index in [-0.39, 0.29) is 11.7 Å². The molecule has 0 saturated carbocycles. The van der Waals surface area contributed by atoms with Gasteiger partial charge in [-0.2, -0.15) is 0 Å². The zero-order chi connectivity index (χ0) is 16.5. The predicted molar refractivity (Wildman–Crippen MR) is 92.8 cm³/mol. The maximum atomic E-state index is 14.9. The molecule has 0 unspecified atom stereocenters. The minimum Gasteiger partial charge on any atom is -0.337 e. The van der Waals surface area contributed by atoms with Crippen molar-refractivity contribution in [1.29, 1.82) is 0 Å². The average molecular weight is 318 g/mol. The number of anilines is 2. The molecular formula is C19H15FN4. The molecular weight excluding hydrogens is 303 g/mol. The molecule has 0 bridgehead atoms. The Kier molecular flexibility index (Phi) is 3.60. The van der Waals surface area contributed by atoms with E-state index in [1.807, 2.05) is 24.3 Å². The summed E-state index contributed by atoms with van der Waals surface area (Å²) in [5, 5.41) is 7.08. The van der Waals surface area contributed by atoms with Crippen LogP contribution in [0.15, 0.2) is 42.7 Å². The topological polar surface area (TPSA) is 49.8 Å². The number of terminal acetylenes is 1. The van der Waals surface area contributed by atoms with Gasteiger partial charge < -0.3 is 10.6 Å². The van der Waals surface area contributed by atoms with E-state index >= 15 is 0 Å². The van der Waals surface area contributed by atoms with Crippen LogP contribution in [0.25, 0.3) is 10.9 Å². The number of nitrogens with zero attached hydrogens (tertiary/aromatic N) is 2. The van der Waals surface area contributed by atoms with Gasteiger partial charge >= 0.3 is 0 Å². The number of fused-ring (bicyclic) bond motifs is 1. The number of rotatable bonds is 3. The summed E-state index contributed by atoms with van der Waals surface area (Å²) in [5.74, 6) is 3.04. The van der Waals surface area contributed by atoms with Gasteiger partial charge in [0.2, 0.25) is 0 Å². The number of aromatic nitrogens is 2. The minimum absolute atomic E-state index is 0.154. The molecule has 3 aromatic rings. The van der Waals surface area contributed by atoms with Gasteiger partial charge in [0.25, 0.3) is 0 Å². The van der Waals surface area contributed by atoms with Crippen LogP contribution in [0.1, 0.15) is 17.0 Å². The van der Waals surface area contributed by atoms with Crippen molar-refractivity contribution in [1.82, 2.24) is 15.3 Å². The molecule has 1 aliphatic rings. The Balaban J connectivity index is 1.80. The molecule has 0 radical (unpaired) electrons. The molecule has 1 aliphatic heterocycles. The van der Waals surface area contributed by atoms with Crippen molar-refractivity contribution in [3.63, 3.8) is 0 Å².